The van der Waals surface area contributed by atoms with Gasteiger partial charge in [-0.2, -0.15) is 0 Å². The molecule has 0 aliphatic carbocycles. The van der Waals surface area contributed by atoms with Gasteiger partial charge in [-0.05, 0) is 36.8 Å². The summed E-state index contributed by atoms with van der Waals surface area (Å²) >= 11 is 0. The average Bonchev–Trinajstić information content (AvgIpc) is 2.27. The van der Waals surface area contributed by atoms with Gasteiger partial charge in [0, 0.05) is 16.5 Å². The van der Waals surface area contributed by atoms with Gasteiger partial charge in [0.1, 0.15) is 0 Å². The van der Waals surface area contributed by atoms with Gasteiger partial charge in [0.25, 0.3) is 0 Å². The summed E-state index contributed by atoms with van der Waals surface area (Å²) in [6.45, 7) is 2.07. The van der Waals surface area contributed by atoms with Gasteiger partial charge >= 0.3 is 0 Å². The Labute approximate surface area is 93.7 Å². The molecule has 0 aliphatic rings. The van der Waals surface area contributed by atoms with Crippen molar-refractivity contribution in [3.63, 3.8) is 0 Å². The number of benzene rings is 2. The van der Waals surface area contributed by atoms with E-state index in [-0.39, 0.29) is 0 Å². The molecular weight excluding hydrogens is 196 g/mol. The minimum atomic E-state index is 0.785. The van der Waals surface area contributed by atoms with Crippen LogP contribution < -0.4 is 5.73 Å². The maximum atomic E-state index is 5.94. The van der Waals surface area contributed by atoms with Gasteiger partial charge in [-0.1, -0.05) is 18.2 Å². The second kappa shape index (κ2) is 3.20. The van der Waals surface area contributed by atoms with E-state index in [1.54, 1.807) is 0 Å². The molecule has 0 saturated heterocycles. The molecule has 0 unspecified atom stereocenters. The number of hydrogen-bond donors (Lipinski definition) is 1. The van der Waals surface area contributed by atoms with Gasteiger partial charge in [-0.25, -0.2) is 4.98 Å². The molecule has 3 aromatic rings. The van der Waals surface area contributed by atoms with Gasteiger partial charge in [0.05, 0.1) is 11.0 Å². The van der Waals surface area contributed by atoms with E-state index >= 15 is 0 Å². The number of aromatic nitrogens is 1. The predicted octanol–water partition coefficient (Wildman–Crippen LogP) is 3.28. The lowest BCUT2D eigenvalue weighted by atomic mass is 10.1. The lowest BCUT2D eigenvalue weighted by Crippen LogP contribution is -1.89. The topological polar surface area (TPSA) is 38.9 Å². The molecule has 0 aliphatic heterocycles. The van der Waals surface area contributed by atoms with Crippen molar-refractivity contribution < 1.29 is 0 Å². The van der Waals surface area contributed by atoms with Gasteiger partial charge in [0.15, 0.2) is 0 Å². The number of hydrogen-bond acceptors (Lipinski definition) is 2. The van der Waals surface area contributed by atoms with E-state index in [1.165, 1.54) is 5.56 Å². The molecule has 0 atom stereocenters. The highest BCUT2D eigenvalue weighted by Gasteiger charge is 2.02. The van der Waals surface area contributed by atoms with Crippen LogP contribution in [0, 0.1) is 6.92 Å². The van der Waals surface area contributed by atoms with Crippen molar-refractivity contribution in [3.05, 3.63) is 48.0 Å². The van der Waals surface area contributed by atoms with Crippen LogP contribution in [0.25, 0.3) is 21.8 Å². The molecule has 78 valence electrons. The first kappa shape index (κ1) is 9.16. The Hall–Kier alpha value is -2.09. The largest absolute Gasteiger partial charge is 0.398 e. The Morgan fingerprint density at radius 2 is 1.88 bits per heavy atom. The molecule has 0 radical (unpaired) electrons. The van der Waals surface area contributed by atoms with Crippen molar-refractivity contribution in [1.29, 1.82) is 0 Å². The molecular formula is C14H12N2. The SMILES string of the molecule is Cc1ccc2cc3c(N)cccc3nc2c1. The molecule has 0 fully saturated rings. The van der Waals surface area contributed by atoms with Crippen LogP contribution in [0.5, 0.6) is 0 Å². The third-order valence-electron chi connectivity index (χ3n) is 2.84. The van der Waals surface area contributed by atoms with E-state index < -0.39 is 0 Å². The van der Waals surface area contributed by atoms with E-state index in [9.17, 15) is 0 Å². The van der Waals surface area contributed by atoms with E-state index in [1.807, 2.05) is 18.2 Å². The normalized spacial score (nSPS) is 11.1. The fraction of sp³-hybridized carbons (Fsp3) is 0.0714. The van der Waals surface area contributed by atoms with Gasteiger partial charge in [-0.3, -0.25) is 0 Å². The van der Waals surface area contributed by atoms with E-state index in [4.69, 9.17) is 5.73 Å². The van der Waals surface area contributed by atoms with Crippen LogP contribution in [-0.2, 0) is 0 Å². The Morgan fingerprint density at radius 3 is 2.75 bits per heavy atom. The van der Waals surface area contributed by atoms with Crippen molar-refractivity contribution in [1.82, 2.24) is 4.98 Å². The maximum absolute atomic E-state index is 5.94. The van der Waals surface area contributed by atoms with E-state index in [0.29, 0.717) is 0 Å². The number of pyridine rings is 1. The quantitative estimate of drug-likeness (QED) is 0.455. The van der Waals surface area contributed by atoms with Crippen LogP contribution in [0.3, 0.4) is 0 Å². The number of nitrogen functional groups attached to an aromatic ring is 1. The summed E-state index contributed by atoms with van der Waals surface area (Å²) in [5.74, 6) is 0. The molecule has 2 aromatic carbocycles. The minimum Gasteiger partial charge on any atom is -0.398 e. The number of rotatable bonds is 0. The van der Waals surface area contributed by atoms with Crippen LogP contribution in [0.2, 0.25) is 0 Å². The van der Waals surface area contributed by atoms with Gasteiger partial charge < -0.3 is 5.73 Å². The summed E-state index contributed by atoms with van der Waals surface area (Å²) in [4.78, 5) is 4.62. The molecule has 0 spiro atoms. The van der Waals surface area contributed by atoms with Gasteiger partial charge in [-0.15, -0.1) is 0 Å². The molecule has 2 heteroatoms. The molecule has 0 bridgehead atoms. The number of fused-ring (bicyclic) bond motifs is 2. The predicted molar refractivity (Wildman–Crippen MR) is 68.4 cm³/mol. The molecule has 1 heterocycles. The maximum Gasteiger partial charge on any atom is 0.0730 e. The highest BCUT2D eigenvalue weighted by atomic mass is 14.7. The number of anilines is 1. The fourth-order valence-electron chi connectivity index (χ4n) is 1.98. The molecule has 2 nitrogen and oxygen atoms in total. The first-order chi connectivity index (χ1) is 7.74. The van der Waals surface area contributed by atoms with Crippen LogP contribution in [0.4, 0.5) is 5.69 Å². The Morgan fingerprint density at radius 1 is 1.00 bits per heavy atom. The van der Waals surface area contributed by atoms with E-state index in [0.717, 1.165) is 27.5 Å². The molecule has 3 rings (SSSR count). The summed E-state index contributed by atoms with van der Waals surface area (Å²) in [6, 6.07) is 14.2. The number of nitrogens with two attached hydrogens (primary N) is 1. The van der Waals surface area contributed by atoms with Crippen LogP contribution in [0.1, 0.15) is 5.56 Å². The number of aryl methyl sites for hydroxylation is 1. The van der Waals surface area contributed by atoms with Crippen molar-refractivity contribution >= 4 is 27.5 Å². The van der Waals surface area contributed by atoms with Crippen LogP contribution in [-0.4, -0.2) is 4.98 Å². The minimum absolute atomic E-state index is 0.785. The Kier molecular flexibility index (Phi) is 1.83. The average molecular weight is 208 g/mol. The second-order valence-corrected chi connectivity index (χ2v) is 4.10. The third kappa shape index (κ3) is 1.31. The molecule has 0 saturated carbocycles. The first-order valence-electron chi connectivity index (χ1n) is 5.30. The van der Waals surface area contributed by atoms with Crippen molar-refractivity contribution in [3.8, 4) is 0 Å². The molecule has 2 N–H and O–H groups in total. The number of nitrogens with zero attached hydrogens (tertiary/aromatic N) is 1. The second-order valence-electron chi connectivity index (χ2n) is 4.10. The summed E-state index contributed by atoms with van der Waals surface area (Å²) in [6.07, 6.45) is 0. The molecule has 1 aromatic heterocycles. The zero-order valence-electron chi connectivity index (χ0n) is 9.07. The summed E-state index contributed by atoms with van der Waals surface area (Å²) in [7, 11) is 0. The lowest BCUT2D eigenvalue weighted by Gasteiger charge is -2.04. The zero-order valence-corrected chi connectivity index (χ0v) is 9.07. The third-order valence-corrected chi connectivity index (χ3v) is 2.84. The fourth-order valence-corrected chi connectivity index (χ4v) is 1.98. The summed E-state index contributed by atoms with van der Waals surface area (Å²) in [5, 5.41) is 2.16. The van der Waals surface area contributed by atoms with E-state index in [2.05, 4.69) is 36.2 Å². The molecule has 0 amide bonds. The van der Waals surface area contributed by atoms with Crippen LogP contribution in [0.15, 0.2) is 42.5 Å². The van der Waals surface area contributed by atoms with Crippen molar-refractivity contribution in [2.45, 2.75) is 6.92 Å². The Bertz CT molecular complexity index is 686. The smallest absolute Gasteiger partial charge is 0.0730 e. The standard InChI is InChI=1S/C14H12N2/c1-9-5-6-10-8-11-12(15)3-2-4-13(11)16-14(10)7-9/h2-8H,15H2,1H3. The summed E-state index contributed by atoms with van der Waals surface area (Å²) < 4.78 is 0. The zero-order chi connectivity index (χ0) is 11.1. The van der Waals surface area contributed by atoms with Crippen molar-refractivity contribution in [2.24, 2.45) is 0 Å². The summed E-state index contributed by atoms with van der Waals surface area (Å²) in [5.41, 5.74) is 9.93. The van der Waals surface area contributed by atoms with Crippen molar-refractivity contribution in [2.75, 3.05) is 5.73 Å². The monoisotopic (exact) mass is 208 g/mol. The Balaban J connectivity index is 2.49. The first-order valence-corrected chi connectivity index (χ1v) is 5.30. The molecule has 16 heavy (non-hydrogen) atoms. The highest BCUT2D eigenvalue weighted by molar-refractivity contribution is 5.98. The van der Waals surface area contributed by atoms with Crippen LogP contribution >= 0.6 is 0 Å². The highest BCUT2D eigenvalue weighted by Crippen LogP contribution is 2.24. The lowest BCUT2D eigenvalue weighted by molar-refractivity contribution is 1.44. The van der Waals surface area contributed by atoms with Gasteiger partial charge in [0.2, 0.25) is 0 Å².